The van der Waals surface area contributed by atoms with Gasteiger partial charge in [-0.1, -0.05) is 9.97 Å². The molecule has 2 aromatic heterocycles. The molecule has 4 heterocycles. The van der Waals surface area contributed by atoms with Gasteiger partial charge in [0.1, 0.15) is 0 Å². The normalized spacial score (nSPS) is 18.1. The molecule has 6 rings (SSSR count). The van der Waals surface area contributed by atoms with Crippen molar-refractivity contribution in [3.63, 3.8) is 0 Å². The molecular formula is C23H26BrN6O3S+. The molecule has 0 atom stereocenters. The zero-order chi connectivity index (χ0) is 23.2. The first-order valence-corrected chi connectivity index (χ1v) is 13.3. The van der Waals surface area contributed by atoms with Gasteiger partial charge in [0.25, 0.3) is 5.65 Å². The minimum Gasteiger partial charge on any atom is -0.454 e. The number of nitrogens with one attached hydrogen (secondary N) is 1. The number of imidazole rings is 1. The Hall–Kier alpha value is -2.53. The van der Waals surface area contributed by atoms with Crippen LogP contribution in [0.1, 0.15) is 32.1 Å². The van der Waals surface area contributed by atoms with E-state index in [4.69, 9.17) is 20.2 Å². The van der Waals surface area contributed by atoms with Crippen LogP contribution < -0.4 is 19.8 Å². The Labute approximate surface area is 209 Å². The average Bonchev–Trinajstić information content (AvgIpc) is 3.45. The third-order valence-corrected chi connectivity index (χ3v) is 8.66. The number of aromatic nitrogens is 4. The van der Waals surface area contributed by atoms with E-state index in [1.54, 1.807) is 6.33 Å². The topological polar surface area (TPSA) is 110 Å². The van der Waals surface area contributed by atoms with Gasteiger partial charge in [-0.15, -0.1) is 0 Å². The van der Waals surface area contributed by atoms with Crippen LogP contribution in [0.15, 0.2) is 33.0 Å². The number of likely N-dealkylation sites (tertiary alicyclic amines) is 1. The van der Waals surface area contributed by atoms with Crippen molar-refractivity contribution in [1.82, 2.24) is 19.9 Å². The molecule has 178 valence electrons. The number of halogens is 1. The quantitative estimate of drug-likeness (QED) is 0.456. The van der Waals surface area contributed by atoms with E-state index in [9.17, 15) is 4.79 Å². The number of carbonyl (C=O) groups is 1. The maximum absolute atomic E-state index is 12.3. The van der Waals surface area contributed by atoms with Crippen LogP contribution in [0.5, 0.6) is 11.5 Å². The third-order valence-electron chi connectivity index (χ3n) is 6.79. The maximum Gasteiger partial charge on any atom is 0.294 e. The zero-order valence-electron chi connectivity index (χ0n) is 18.6. The Morgan fingerprint density at radius 3 is 2.76 bits per heavy atom. The van der Waals surface area contributed by atoms with Gasteiger partial charge < -0.3 is 25.1 Å². The molecule has 3 N–H and O–H groups in total. The van der Waals surface area contributed by atoms with Crippen molar-refractivity contribution in [3.8, 4) is 11.5 Å². The van der Waals surface area contributed by atoms with Crippen molar-refractivity contribution in [2.75, 3.05) is 25.6 Å². The van der Waals surface area contributed by atoms with Crippen molar-refractivity contribution in [2.45, 2.75) is 48.7 Å². The van der Waals surface area contributed by atoms with Crippen LogP contribution in [0.3, 0.4) is 0 Å². The van der Waals surface area contributed by atoms with Gasteiger partial charge >= 0.3 is 0 Å². The number of nitrogen functional groups attached to an aromatic ring is 1. The number of piperidine rings is 1. The first kappa shape index (κ1) is 22.0. The van der Waals surface area contributed by atoms with Gasteiger partial charge in [0, 0.05) is 28.4 Å². The lowest BCUT2D eigenvalue weighted by Gasteiger charge is -2.32. The summed E-state index contributed by atoms with van der Waals surface area (Å²) in [6.07, 6.45) is 7.07. The number of H-pyrrole nitrogens is 1. The lowest BCUT2D eigenvalue weighted by Crippen LogP contribution is -2.41. The first-order valence-electron chi connectivity index (χ1n) is 11.6. The van der Waals surface area contributed by atoms with E-state index in [1.807, 2.05) is 12.1 Å². The van der Waals surface area contributed by atoms with Gasteiger partial charge in [-0.25, -0.2) is 4.57 Å². The Balaban J connectivity index is 1.15. The molecular weight excluding hydrogens is 520 g/mol. The Kier molecular flexibility index (Phi) is 5.76. The van der Waals surface area contributed by atoms with Gasteiger partial charge in [-0.3, -0.25) is 4.79 Å². The average molecular weight is 546 g/mol. The second kappa shape index (κ2) is 8.92. The van der Waals surface area contributed by atoms with Crippen LogP contribution in [-0.2, 0) is 11.3 Å². The molecule has 0 radical (unpaired) electrons. The number of nitrogens with two attached hydrogens (primary N) is 1. The van der Waals surface area contributed by atoms with E-state index in [1.165, 1.54) is 11.8 Å². The highest BCUT2D eigenvalue weighted by atomic mass is 79.9. The smallest absolute Gasteiger partial charge is 0.294 e. The molecule has 9 nitrogen and oxygen atoms in total. The molecule has 2 fully saturated rings. The summed E-state index contributed by atoms with van der Waals surface area (Å²) in [7, 11) is 0. The van der Waals surface area contributed by atoms with Gasteiger partial charge in [0.2, 0.25) is 30.0 Å². The fraction of sp³-hybridized carbons (Fsp3) is 0.478. The Bertz CT molecular complexity index is 1260. The number of nitrogens with zero attached hydrogens (tertiary/aromatic N) is 4. The molecule has 0 spiro atoms. The molecule has 3 aliphatic rings. The number of hydrogen-bond acceptors (Lipinski definition) is 7. The van der Waals surface area contributed by atoms with Crippen LogP contribution in [0.2, 0.25) is 0 Å². The number of fused-ring (bicyclic) bond motifs is 2. The number of anilines is 1. The summed E-state index contributed by atoms with van der Waals surface area (Å²) in [4.78, 5) is 27.9. The second-order valence-electron chi connectivity index (χ2n) is 9.13. The molecule has 0 unspecified atom stereocenters. The molecule has 1 saturated carbocycles. The molecule has 1 amide bonds. The minimum atomic E-state index is 0.235. The minimum absolute atomic E-state index is 0.235. The maximum atomic E-state index is 12.3. The van der Waals surface area contributed by atoms with Crippen molar-refractivity contribution >= 4 is 50.6 Å². The monoisotopic (exact) mass is 545 g/mol. The van der Waals surface area contributed by atoms with E-state index in [0.29, 0.717) is 23.6 Å². The van der Waals surface area contributed by atoms with E-state index in [0.717, 1.165) is 88.9 Å². The summed E-state index contributed by atoms with van der Waals surface area (Å²) in [6.45, 7) is 2.81. The van der Waals surface area contributed by atoms with E-state index in [-0.39, 0.29) is 6.79 Å². The Morgan fingerprint density at radius 1 is 1.24 bits per heavy atom. The number of aryl methyl sites for hydroxylation is 1. The predicted molar refractivity (Wildman–Crippen MR) is 130 cm³/mol. The molecule has 3 aromatic rings. The fourth-order valence-electron chi connectivity index (χ4n) is 4.63. The summed E-state index contributed by atoms with van der Waals surface area (Å²) in [5.74, 6) is 3.17. The number of rotatable bonds is 6. The largest absolute Gasteiger partial charge is 0.454 e. The van der Waals surface area contributed by atoms with E-state index >= 15 is 0 Å². The Morgan fingerprint density at radius 2 is 2.00 bits per heavy atom. The molecule has 1 saturated heterocycles. The molecule has 2 aliphatic heterocycles. The predicted octanol–water partition coefficient (Wildman–Crippen LogP) is 3.51. The van der Waals surface area contributed by atoms with Crippen molar-refractivity contribution in [1.29, 1.82) is 0 Å². The molecule has 34 heavy (non-hydrogen) atoms. The van der Waals surface area contributed by atoms with Crippen LogP contribution in [0.4, 0.5) is 5.82 Å². The number of carbonyl (C=O) groups excluding carboxylic acids is 1. The molecule has 0 bridgehead atoms. The molecule has 1 aliphatic carbocycles. The lowest BCUT2D eigenvalue weighted by molar-refractivity contribution is -0.677. The highest BCUT2D eigenvalue weighted by Gasteiger charge is 2.35. The number of hydrogen-bond donors (Lipinski definition) is 2. The van der Waals surface area contributed by atoms with Gasteiger partial charge in [-0.2, -0.15) is 0 Å². The van der Waals surface area contributed by atoms with Crippen LogP contribution in [0.25, 0.3) is 11.2 Å². The second-order valence-corrected chi connectivity index (χ2v) is 11.0. The molecule has 1 aromatic carbocycles. The summed E-state index contributed by atoms with van der Waals surface area (Å²) in [6, 6.07) is 3.85. The van der Waals surface area contributed by atoms with Crippen molar-refractivity contribution < 1.29 is 18.8 Å². The highest BCUT2D eigenvalue weighted by molar-refractivity contribution is 9.10. The third kappa shape index (κ3) is 4.31. The standard InChI is InChI=1S/C23H25BrN6O3S/c24-15-9-16-17(33-12-32-16)10-18(15)34-23-27-19-20(25)26-11-30(21(19)28-23)8-5-13-3-6-29(7-4-13)22(31)14-1-2-14/h9-11,13-14H,1-8,12H2,(H2,25,27,28)/p+1. The summed E-state index contributed by atoms with van der Waals surface area (Å²) in [5.41, 5.74) is 7.70. The SMILES string of the molecule is Nc1nc[n+](CCC2CCN(C(=O)C3CC3)CC2)c2nc(Sc3cc4c(cc3Br)OCO4)[nH]c12. The van der Waals surface area contributed by atoms with Crippen molar-refractivity contribution in [3.05, 3.63) is 22.9 Å². The summed E-state index contributed by atoms with van der Waals surface area (Å²) in [5, 5.41) is 0.731. The van der Waals surface area contributed by atoms with Crippen molar-refractivity contribution in [2.24, 2.45) is 11.8 Å². The van der Waals surface area contributed by atoms with Gasteiger partial charge in [0.15, 0.2) is 17.0 Å². The highest BCUT2D eigenvalue weighted by Crippen LogP contribution is 2.42. The molecule has 11 heteroatoms. The van der Waals surface area contributed by atoms with E-state index in [2.05, 4.69) is 35.4 Å². The number of benzene rings is 1. The van der Waals surface area contributed by atoms with Gasteiger partial charge in [-0.05, 0) is 77.8 Å². The number of ether oxygens (including phenoxy) is 2. The van der Waals surface area contributed by atoms with E-state index < -0.39 is 0 Å². The summed E-state index contributed by atoms with van der Waals surface area (Å²) < 4.78 is 13.9. The fourth-order valence-corrected chi connectivity index (χ4v) is 6.01. The number of aromatic amines is 1. The first-order chi connectivity index (χ1) is 16.5. The van der Waals surface area contributed by atoms with Crippen LogP contribution in [-0.4, -0.2) is 45.6 Å². The zero-order valence-corrected chi connectivity index (χ0v) is 21.0. The summed E-state index contributed by atoms with van der Waals surface area (Å²) >= 11 is 5.11. The van der Waals surface area contributed by atoms with Gasteiger partial charge in [0.05, 0.1) is 6.54 Å². The number of amides is 1. The van der Waals surface area contributed by atoms with Crippen LogP contribution >= 0.6 is 27.7 Å². The van der Waals surface area contributed by atoms with Crippen LogP contribution in [0, 0.1) is 11.8 Å². The lowest BCUT2D eigenvalue weighted by atomic mass is 9.93.